The molecule has 0 aromatic rings. The van der Waals surface area contributed by atoms with Gasteiger partial charge in [-0.3, -0.25) is 14.5 Å². The number of ether oxygens (including phenoxy) is 1. The lowest BCUT2D eigenvalue weighted by molar-refractivity contribution is -0.134. The minimum Gasteiger partial charge on any atom is -0.450 e. The highest BCUT2D eigenvalue weighted by Crippen LogP contribution is 2.35. The van der Waals surface area contributed by atoms with Crippen LogP contribution in [-0.4, -0.2) is 83.5 Å². The minimum atomic E-state index is -0.731. The summed E-state index contributed by atoms with van der Waals surface area (Å²) in [6.07, 6.45) is 2.97. The van der Waals surface area contributed by atoms with Gasteiger partial charge in [0.2, 0.25) is 5.91 Å². The number of nitrogens with zero attached hydrogens (tertiary/aromatic N) is 3. The number of amides is 5. The Hall–Kier alpha value is -2.32. The van der Waals surface area contributed by atoms with Crippen molar-refractivity contribution in [2.24, 2.45) is 0 Å². The van der Waals surface area contributed by atoms with E-state index < -0.39 is 11.6 Å². The summed E-state index contributed by atoms with van der Waals surface area (Å²) in [4.78, 5) is 53.2. The van der Waals surface area contributed by atoms with E-state index in [-0.39, 0.29) is 30.9 Å². The summed E-state index contributed by atoms with van der Waals surface area (Å²) in [5.74, 6) is -0.304. The average Bonchev–Trinajstić information content (AvgIpc) is 3.19. The largest absolute Gasteiger partial charge is 0.450 e. The Bertz CT molecular complexity index is 594. The Kier molecular flexibility index (Phi) is 5.33. The molecule has 1 spiro atoms. The van der Waals surface area contributed by atoms with Crippen LogP contribution in [0.2, 0.25) is 0 Å². The van der Waals surface area contributed by atoms with Gasteiger partial charge in [0, 0.05) is 39.1 Å². The molecule has 2 aliphatic heterocycles. The third-order valence-corrected chi connectivity index (χ3v) is 5.41. The monoisotopic (exact) mass is 366 g/mol. The Labute approximate surface area is 152 Å². The Morgan fingerprint density at radius 1 is 1.08 bits per heavy atom. The molecule has 26 heavy (non-hydrogen) atoms. The number of carbonyl (C=O) groups excluding carboxylic acids is 4. The predicted octanol–water partition coefficient (Wildman–Crippen LogP) is 0.542. The van der Waals surface area contributed by atoms with E-state index in [1.54, 1.807) is 16.7 Å². The Morgan fingerprint density at radius 2 is 1.69 bits per heavy atom. The zero-order chi connectivity index (χ0) is 18.7. The van der Waals surface area contributed by atoms with Gasteiger partial charge in [-0.1, -0.05) is 12.8 Å². The van der Waals surface area contributed by atoms with Crippen molar-refractivity contribution in [3.05, 3.63) is 0 Å². The van der Waals surface area contributed by atoms with Crippen molar-refractivity contribution < 1.29 is 23.9 Å². The Balaban J connectivity index is 1.47. The molecular weight excluding hydrogens is 340 g/mol. The number of imide groups is 1. The van der Waals surface area contributed by atoms with Gasteiger partial charge < -0.3 is 19.9 Å². The maximum atomic E-state index is 12.6. The summed E-state index contributed by atoms with van der Waals surface area (Å²) in [6, 6.07) is -0.392. The van der Waals surface area contributed by atoms with Crippen molar-refractivity contribution in [2.45, 2.75) is 44.6 Å². The van der Waals surface area contributed by atoms with Crippen LogP contribution in [0.5, 0.6) is 0 Å². The fourth-order valence-electron chi connectivity index (χ4n) is 3.92. The molecular formula is C17H26N4O5. The number of piperazine rings is 1. The highest BCUT2D eigenvalue weighted by Gasteiger charge is 2.52. The molecule has 9 nitrogen and oxygen atoms in total. The van der Waals surface area contributed by atoms with Gasteiger partial charge in [-0.05, 0) is 19.8 Å². The van der Waals surface area contributed by atoms with Gasteiger partial charge in [0.15, 0.2) is 0 Å². The molecule has 0 aromatic heterocycles. The first-order valence-corrected chi connectivity index (χ1v) is 9.30. The van der Waals surface area contributed by atoms with Crippen molar-refractivity contribution >= 4 is 23.9 Å². The fourth-order valence-corrected chi connectivity index (χ4v) is 3.92. The van der Waals surface area contributed by atoms with Crippen LogP contribution in [0.3, 0.4) is 0 Å². The molecule has 3 aliphatic rings. The lowest BCUT2D eigenvalue weighted by Crippen LogP contribution is -2.51. The average molecular weight is 366 g/mol. The van der Waals surface area contributed by atoms with Gasteiger partial charge in [0.25, 0.3) is 5.91 Å². The standard InChI is InChI=1S/C17H26N4O5/c1-2-26-16(25)20-11-9-19(10-12-20)13(22)5-8-21-14(23)17(18-15(21)24)6-3-4-7-17/h2-12H2,1H3,(H,18,24). The molecule has 2 heterocycles. The van der Waals surface area contributed by atoms with Crippen LogP contribution < -0.4 is 5.32 Å². The first kappa shape index (κ1) is 18.5. The topological polar surface area (TPSA) is 99.3 Å². The van der Waals surface area contributed by atoms with Crippen LogP contribution in [0, 0.1) is 0 Å². The van der Waals surface area contributed by atoms with Gasteiger partial charge in [-0.25, -0.2) is 9.59 Å². The van der Waals surface area contributed by atoms with E-state index >= 15 is 0 Å². The quantitative estimate of drug-likeness (QED) is 0.732. The van der Waals surface area contributed by atoms with Crippen molar-refractivity contribution in [1.82, 2.24) is 20.0 Å². The second kappa shape index (κ2) is 7.51. The van der Waals surface area contributed by atoms with E-state index in [1.165, 1.54) is 4.90 Å². The highest BCUT2D eigenvalue weighted by atomic mass is 16.6. The van der Waals surface area contributed by atoms with Crippen LogP contribution in [-0.2, 0) is 14.3 Å². The number of hydrogen-bond acceptors (Lipinski definition) is 5. The van der Waals surface area contributed by atoms with Gasteiger partial charge in [-0.15, -0.1) is 0 Å². The molecule has 9 heteroatoms. The number of carbonyl (C=O) groups is 4. The zero-order valence-corrected chi connectivity index (χ0v) is 15.2. The number of urea groups is 1. The lowest BCUT2D eigenvalue weighted by Gasteiger charge is -2.34. The lowest BCUT2D eigenvalue weighted by atomic mass is 9.98. The molecule has 1 N–H and O–H groups in total. The zero-order valence-electron chi connectivity index (χ0n) is 15.2. The normalized spacial score (nSPS) is 22.1. The first-order chi connectivity index (χ1) is 12.5. The summed E-state index contributed by atoms with van der Waals surface area (Å²) >= 11 is 0. The van der Waals surface area contributed by atoms with Crippen molar-refractivity contribution in [1.29, 1.82) is 0 Å². The van der Waals surface area contributed by atoms with Crippen LogP contribution in [0.25, 0.3) is 0 Å². The summed E-state index contributed by atoms with van der Waals surface area (Å²) in [5, 5.41) is 2.82. The van der Waals surface area contributed by atoms with E-state index in [1.807, 2.05) is 0 Å². The second-order valence-corrected chi connectivity index (χ2v) is 6.99. The maximum Gasteiger partial charge on any atom is 0.409 e. The molecule has 0 unspecified atom stereocenters. The summed E-state index contributed by atoms with van der Waals surface area (Å²) < 4.78 is 4.96. The van der Waals surface area contributed by atoms with Crippen LogP contribution in [0.1, 0.15) is 39.0 Å². The maximum absolute atomic E-state index is 12.6. The van der Waals surface area contributed by atoms with E-state index in [0.717, 1.165) is 12.8 Å². The SMILES string of the molecule is CCOC(=O)N1CCN(C(=O)CCN2C(=O)NC3(CCCC3)C2=O)CC1. The molecule has 2 saturated heterocycles. The van der Waals surface area contributed by atoms with E-state index in [4.69, 9.17) is 4.74 Å². The Morgan fingerprint density at radius 3 is 2.31 bits per heavy atom. The van der Waals surface area contributed by atoms with E-state index in [2.05, 4.69) is 5.32 Å². The number of hydrogen-bond donors (Lipinski definition) is 1. The number of nitrogens with one attached hydrogen (secondary N) is 1. The smallest absolute Gasteiger partial charge is 0.409 e. The first-order valence-electron chi connectivity index (χ1n) is 9.30. The third-order valence-electron chi connectivity index (χ3n) is 5.41. The fraction of sp³-hybridized carbons (Fsp3) is 0.765. The predicted molar refractivity (Wildman–Crippen MR) is 91.2 cm³/mol. The summed E-state index contributed by atoms with van der Waals surface area (Å²) in [7, 11) is 0. The van der Waals surface area contributed by atoms with Gasteiger partial charge in [0.05, 0.1) is 6.61 Å². The molecule has 0 aromatic carbocycles. The van der Waals surface area contributed by atoms with Gasteiger partial charge in [-0.2, -0.15) is 0 Å². The van der Waals surface area contributed by atoms with Gasteiger partial charge in [0.1, 0.15) is 5.54 Å². The molecule has 1 aliphatic carbocycles. The van der Waals surface area contributed by atoms with Crippen LogP contribution in [0.4, 0.5) is 9.59 Å². The third kappa shape index (κ3) is 3.47. The van der Waals surface area contributed by atoms with Crippen molar-refractivity contribution in [3.63, 3.8) is 0 Å². The van der Waals surface area contributed by atoms with Crippen molar-refractivity contribution in [3.8, 4) is 0 Å². The van der Waals surface area contributed by atoms with E-state index in [0.29, 0.717) is 45.6 Å². The second-order valence-electron chi connectivity index (χ2n) is 6.99. The molecule has 3 rings (SSSR count). The van der Waals surface area contributed by atoms with Crippen molar-refractivity contribution in [2.75, 3.05) is 39.3 Å². The summed E-state index contributed by atoms with van der Waals surface area (Å²) in [5.41, 5.74) is -0.731. The van der Waals surface area contributed by atoms with E-state index in [9.17, 15) is 19.2 Å². The molecule has 1 saturated carbocycles. The van der Waals surface area contributed by atoms with Gasteiger partial charge >= 0.3 is 12.1 Å². The van der Waals surface area contributed by atoms with Crippen LogP contribution in [0.15, 0.2) is 0 Å². The molecule has 0 bridgehead atoms. The number of rotatable bonds is 4. The molecule has 3 fully saturated rings. The van der Waals surface area contributed by atoms with Crippen LogP contribution >= 0.6 is 0 Å². The molecule has 5 amide bonds. The molecule has 0 atom stereocenters. The molecule has 0 radical (unpaired) electrons. The minimum absolute atomic E-state index is 0.101. The highest BCUT2D eigenvalue weighted by molar-refractivity contribution is 6.07. The molecule has 144 valence electrons. The summed E-state index contributed by atoms with van der Waals surface area (Å²) in [6.45, 7) is 3.90.